The molecule has 0 saturated carbocycles. The number of unbranched alkanes of at least 4 members (excludes halogenated alkanes) is 7. The summed E-state index contributed by atoms with van der Waals surface area (Å²) in [4.78, 5) is 28.7. The van der Waals surface area contributed by atoms with Gasteiger partial charge >= 0.3 is 12.7 Å². The van der Waals surface area contributed by atoms with Crippen LogP contribution in [0.25, 0.3) is 0 Å². The van der Waals surface area contributed by atoms with Gasteiger partial charge in [0.1, 0.15) is 0 Å². The zero-order valence-electron chi connectivity index (χ0n) is 22.7. The van der Waals surface area contributed by atoms with E-state index in [1.807, 2.05) is 35.2 Å². The van der Waals surface area contributed by atoms with E-state index in [9.17, 15) is 14.2 Å². The number of benzene rings is 1. The highest BCUT2D eigenvalue weighted by atomic mass is 32.7. The van der Waals surface area contributed by atoms with E-state index in [4.69, 9.17) is 0 Å². The van der Waals surface area contributed by atoms with Gasteiger partial charge in [-0.1, -0.05) is 107 Å². The van der Waals surface area contributed by atoms with Crippen molar-refractivity contribution >= 4 is 30.0 Å². The minimum absolute atomic E-state index is 0.162. The molecular weight excluding hydrogens is 477 g/mol. The molecule has 200 valence electrons. The van der Waals surface area contributed by atoms with E-state index >= 15 is 0 Å². The van der Waals surface area contributed by atoms with Crippen LogP contribution in [0.4, 0.5) is 4.79 Å². The number of urea groups is 1. The highest BCUT2D eigenvalue weighted by Crippen LogP contribution is 2.63. The Bertz CT molecular complexity index is 766. The Morgan fingerprint density at radius 1 is 0.771 bits per heavy atom. The van der Waals surface area contributed by atoms with Gasteiger partial charge in [0.25, 0.3) is 0 Å². The monoisotopic (exact) mass is 525 g/mol. The molecule has 0 aliphatic rings. The lowest BCUT2D eigenvalue weighted by atomic mass is 10.1. The number of likely N-dealkylation sites (N-methyl/N-ethyl adjacent to an activating group) is 1. The maximum absolute atomic E-state index is 14.4. The van der Waals surface area contributed by atoms with Crippen LogP contribution < -0.4 is 0 Å². The third-order valence-electron chi connectivity index (χ3n) is 6.19. The summed E-state index contributed by atoms with van der Waals surface area (Å²) in [6.07, 6.45) is 10.6. The molecule has 0 aliphatic heterocycles. The Morgan fingerprint density at radius 2 is 1.31 bits per heavy atom. The molecule has 0 radical (unpaired) electrons. The van der Waals surface area contributed by atoms with Crippen LogP contribution in [0.5, 0.6) is 0 Å². The van der Waals surface area contributed by atoms with Gasteiger partial charge in [-0.25, -0.2) is 4.79 Å². The summed E-state index contributed by atoms with van der Waals surface area (Å²) in [5.41, 5.74) is 0.872. The fourth-order valence-corrected chi connectivity index (χ4v) is 8.53. The van der Waals surface area contributed by atoms with Crippen LogP contribution in [-0.2, 0) is 15.8 Å². The maximum Gasteiger partial charge on any atom is 0.327 e. The number of carbonyl (C=O) groups is 2. The van der Waals surface area contributed by atoms with Crippen molar-refractivity contribution in [1.29, 1.82) is 0 Å². The van der Waals surface area contributed by atoms with Crippen molar-refractivity contribution in [2.45, 2.75) is 91.4 Å². The molecule has 8 heteroatoms. The lowest BCUT2D eigenvalue weighted by Crippen LogP contribution is -2.43. The number of rotatable bonds is 18. The number of amides is 3. The minimum Gasteiger partial charge on any atom is -0.324 e. The van der Waals surface area contributed by atoms with E-state index in [0.717, 1.165) is 69.8 Å². The third kappa shape index (κ3) is 11.0. The molecule has 0 fully saturated rings. The zero-order chi connectivity index (χ0) is 26.1. The molecule has 1 unspecified atom stereocenters. The predicted octanol–water partition coefficient (Wildman–Crippen LogP) is 7.84. The van der Waals surface area contributed by atoms with Gasteiger partial charge in [-0.05, 0) is 24.8 Å². The van der Waals surface area contributed by atoms with Crippen LogP contribution in [0, 0.1) is 0 Å². The predicted molar refractivity (Wildman–Crippen MR) is 151 cm³/mol. The molecular formula is C27H48N3O3PS. The van der Waals surface area contributed by atoms with Gasteiger partial charge in [-0.15, -0.1) is 0 Å². The second kappa shape index (κ2) is 17.9. The van der Waals surface area contributed by atoms with E-state index in [1.54, 1.807) is 14.1 Å². The minimum atomic E-state index is -3.48. The van der Waals surface area contributed by atoms with Crippen molar-refractivity contribution in [1.82, 2.24) is 14.2 Å². The summed E-state index contributed by atoms with van der Waals surface area (Å²) < 4.78 is 17.1. The molecule has 0 spiro atoms. The lowest BCUT2D eigenvalue weighted by Gasteiger charge is -2.37. The van der Waals surface area contributed by atoms with E-state index in [2.05, 4.69) is 20.8 Å². The second-order valence-corrected chi connectivity index (χ2v) is 14.2. The quantitative estimate of drug-likeness (QED) is 0.145. The van der Waals surface area contributed by atoms with E-state index in [-0.39, 0.29) is 18.4 Å². The largest absolute Gasteiger partial charge is 0.327 e. The SMILES string of the molecule is CCCCCCN(CCCCCC)C(=O)N(C)P(=O)(SCCCC)N(C)C(=O)Cc1ccccc1. The van der Waals surface area contributed by atoms with Crippen molar-refractivity contribution < 1.29 is 14.2 Å². The Labute approximate surface area is 218 Å². The molecule has 1 aromatic carbocycles. The third-order valence-corrected chi connectivity index (χ3v) is 11.9. The number of hydrogen-bond donors (Lipinski definition) is 0. The average Bonchev–Trinajstić information content (AvgIpc) is 2.87. The van der Waals surface area contributed by atoms with Gasteiger partial charge in [0.05, 0.1) is 6.42 Å². The first-order valence-electron chi connectivity index (χ1n) is 13.4. The number of carbonyl (C=O) groups excluding carboxylic acids is 2. The van der Waals surface area contributed by atoms with E-state index in [1.165, 1.54) is 20.7 Å². The first-order chi connectivity index (χ1) is 16.8. The van der Waals surface area contributed by atoms with Gasteiger partial charge < -0.3 is 4.90 Å². The van der Waals surface area contributed by atoms with Gasteiger partial charge in [0.2, 0.25) is 5.91 Å². The molecule has 1 rings (SSSR count). The van der Waals surface area contributed by atoms with Crippen LogP contribution in [0.3, 0.4) is 0 Å². The van der Waals surface area contributed by atoms with Crippen LogP contribution >= 0.6 is 18.0 Å². The van der Waals surface area contributed by atoms with Crippen molar-refractivity contribution in [3.63, 3.8) is 0 Å². The van der Waals surface area contributed by atoms with Gasteiger partial charge in [-0.2, -0.15) is 0 Å². The van der Waals surface area contributed by atoms with Gasteiger partial charge in [-0.3, -0.25) is 18.7 Å². The smallest absolute Gasteiger partial charge is 0.324 e. The Morgan fingerprint density at radius 3 is 1.83 bits per heavy atom. The van der Waals surface area contributed by atoms with Gasteiger partial charge in [0.15, 0.2) is 0 Å². The summed E-state index contributed by atoms with van der Waals surface area (Å²) >= 11 is 1.25. The molecule has 3 amide bonds. The topological polar surface area (TPSA) is 60.9 Å². The Hall–Kier alpha value is -1.46. The highest BCUT2D eigenvalue weighted by molar-refractivity contribution is 8.56. The molecule has 1 atom stereocenters. The summed E-state index contributed by atoms with van der Waals surface area (Å²) in [5.74, 6) is 0.405. The first-order valence-corrected chi connectivity index (χ1v) is 16.6. The fraction of sp³-hybridized carbons (Fsp3) is 0.704. The maximum atomic E-state index is 14.4. The Kier molecular flexibility index (Phi) is 16.1. The Balaban J connectivity index is 3.06. The molecule has 0 aliphatic carbocycles. The highest BCUT2D eigenvalue weighted by Gasteiger charge is 2.40. The molecule has 6 nitrogen and oxygen atoms in total. The lowest BCUT2D eigenvalue weighted by molar-refractivity contribution is -0.125. The number of hydrogen-bond acceptors (Lipinski definition) is 4. The molecule has 0 heterocycles. The summed E-state index contributed by atoms with van der Waals surface area (Å²) in [6.45, 7) is 4.28. The molecule has 0 saturated heterocycles. The summed E-state index contributed by atoms with van der Waals surface area (Å²) in [7, 11) is 3.20. The van der Waals surface area contributed by atoms with Crippen molar-refractivity contribution in [3.8, 4) is 0 Å². The van der Waals surface area contributed by atoms with Gasteiger partial charge in [0, 0.05) is 32.9 Å². The molecule has 0 N–H and O–H groups in total. The van der Waals surface area contributed by atoms with Crippen LogP contribution in [-0.4, -0.2) is 59.1 Å². The van der Waals surface area contributed by atoms with Crippen LogP contribution in [0.15, 0.2) is 30.3 Å². The van der Waals surface area contributed by atoms with Crippen LogP contribution in [0.1, 0.15) is 90.5 Å². The van der Waals surface area contributed by atoms with Crippen molar-refractivity contribution in [2.24, 2.45) is 0 Å². The van der Waals surface area contributed by atoms with Crippen molar-refractivity contribution in [2.75, 3.05) is 32.9 Å². The van der Waals surface area contributed by atoms with E-state index < -0.39 is 6.65 Å². The first kappa shape index (κ1) is 31.6. The van der Waals surface area contributed by atoms with Crippen molar-refractivity contribution in [3.05, 3.63) is 35.9 Å². The average molecular weight is 526 g/mol. The molecule has 0 aromatic heterocycles. The summed E-state index contributed by atoms with van der Waals surface area (Å²) in [6, 6.07) is 9.25. The standard InChI is InChI=1S/C27H48N3O3PS/c1-6-9-12-17-21-30(22-18-13-10-7-2)27(32)29(5)34(33,35-23-11-8-3)28(4)26(31)24-25-19-15-14-16-20-25/h14-16,19-20H,6-13,17-18,21-24H2,1-5H3. The second-order valence-electron chi connectivity index (χ2n) is 9.17. The van der Waals surface area contributed by atoms with E-state index in [0.29, 0.717) is 18.8 Å². The zero-order valence-corrected chi connectivity index (χ0v) is 24.4. The normalized spacial score (nSPS) is 12.7. The molecule has 35 heavy (non-hydrogen) atoms. The molecule has 0 bridgehead atoms. The molecule has 1 aromatic rings. The summed E-state index contributed by atoms with van der Waals surface area (Å²) in [5, 5.41) is 0. The number of nitrogens with zero attached hydrogens (tertiary/aromatic N) is 3. The van der Waals surface area contributed by atoms with Crippen LogP contribution in [0.2, 0.25) is 0 Å². The fourth-order valence-electron chi connectivity index (χ4n) is 3.80.